The first-order valence-corrected chi connectivity index (χ1v) is 11.5. The van der Waals surface area contributed by atoms with Crippen molar-refractivity contribution in [2.75, 3.05) is 33.4 Å². The Kier molecular flexibility index (Phi) is 5.62. The standard InChI is InChI=1S/C20H28N2O5S/c1-26-13-12-22-16-8-10-21(20(23)14-15-6-7-15)11-9-17(16)27-18-4-2-3-5-19(18)28(22,24)25/h2-5,15-17H,6-14H2,1H3/t16-,17-/m0/s1. The second-order valence-electron chi connectivity index (χ2n) is 7.88. The molecule has 0 aromatic heterocycles. The van der Waals surface area contributed by atoms with Gasteiger partial charge in [-0.15, -0.1) is 0 Å². The summed E-state index contributed by atoms with van der Waals surface area (Å²) in [5.41, 5.74) is 0. The van der Waals surface area contributed by atoms with Gasteiger partial charge < -0.3 is 14.4 Å². The van der Waals surface area contributed by atoms with E-state index in [4.69, 9.17) is 9.47 Å². The van der Waals surface area contributed by atoms with Crippen LogP contribution in [-0.4, -0.2) is 69.0 Å². The Morgan fingerprint density at radius 1 is 1.18 bits per heavy atom. The Balaban J connectivity index is 1.62. The van der Waals surface area contributed by atoms with E-state index in [1.54, 1.807) is 31.4 Å². The van der Waals surface area contributed by atoms with Crippen molar-refractivity contribution in [3.05, 3.63) is 24.3 Å². The van der Waals surface area contributed by atoms with E-state index < -0.39 is 10.0 Å². The minimum atomic E-state index is -3.70. The van der Waals surface area contributed by atoms with Crippen molar-refractivity contribution in [3.63, 3.8) is 0 Å². The molecule has 1 aliphatic carbocycles. The molecule has 1 saturated carbocycles. The molecular weight excluding hydrogens is 380 g/mol. The second-order valence-corrected chi connectivity index (χ2v) is 9.74. The van der Waals surface area contributed by atoms with E-state index in [0.29, 0.717) is 50.6 Å². The predicted octanol–water partition coefficient (Wildman–Crippen LogP) is 1.88. The molecule has 0 bridgehead atoms. The van der Waals surface area contributed by atoms with E-state index in [1.165, 1.54) is 4.31 Å². The minimum absolute atomic E-state index is 0.186. The number of carbonyl (C=O) groups excluding carboxylic acids is 1. The van der Waals surface area contributed by atoms with E-state index in [1.807, 2.05) is 4.90 Å². The number of fused-ring (bicyclic) bond motifs is 2. The number of rotatable bonds is 5. The number of carbonyl (C=O) groups is 1. The molecule has 1 aromatic rings. The van der Waals surface area contributed by atoms with Crippen LogP contribution in [0.25, 0.3) is 0 Å². The van der Waals surface area contributed by atoms with Gasteiger partial charge in [0.25, 0.3) is 0 Å². The fourth-order valence-corrected chi connectivity index (χ4v) is 5.96. The maximum Gasteiger partial charge on any atom is 0.247 e. The van der Waals surface area contributed by atoms with Gasteiger partial charge in [0.1, 0.15) is 16.7 Å². The molecule has 7 nitrogen and oxygen atoms in total. The highest BCUT2D eigenvalue weighted by Gasteiger charge is 2.43. The molecule has 0 N–H and O–H groups in total. The summed E-state index contributed by atoms with van der Waals surface area (Å²) >= 11 is 0. The van der Waals surface area contributed by atoms with Crippen LogP contribution in [0, 0.1) is 5.92 Å². The Morgan fingerprint density at radius 2 is 1.93 bits per heavy atom. The molecule has 1 aromatic carbocycles. The van der Waals surface area contributed by atoms with Crippen LogP contribution in [0.4, 0.5) is 0 Å². The fourth-order valence-electron chi connectivity index (χ4n) is 4.17. The zero-order valence-corrected chi connectivity index (χ0v) is 17.1. The first-order valence-electron chi connectivity index (χ1n) is 10.0. The first kappa shape index (κ1) is 19.7. The number of hydrogen-bond donors (Lipinski definition) is 0. The molecule has 3 aliphatic rings. The van der Waals surface area contributed by atoms with Crippen molar-refractivity contribution >= 4 is 15.9 Å². The quantitative estimate of drug-likeness (QED) is 0.744. The van der Waals surface area contributed by atoms with Gasteiger partial charge in [0, 0.05) is 39.6 Å². The number of hydrogen-bond acceptors (Lipinski definition) is 5. The number of ether oxygens (including phenoxy) is 2. The van der Waals surface area contributed by atoms with Crippen molar-refractivity contribution in [2.24, 2.45) is 5.92 Å². The third kappa shape index (κ3) is 3.90. The van der Waals surface area contributed by atoms with Crippen molar-refractivity contribution in [2.45, 2.75) is 49.1 Å². The maximum absolute atomic E-state index is 13.4. The monoisotopic (exact) mass is 408 g/mol. The number of likely N-dealkylation sites (tertiary alicyclic amines) is 1. The molecule has 2 aliphatic heterocycles. The van der Waals surface area contributed by atoms with Gasteiger partial charge in [0.05, 0.1) is 12.6 Å². The van der Waals surface area contributed by atoms with Gasteiger partial charge in [-0.1, -0.05) is 12.1 Å². The van der Waals surface area contributed by atoms with Crippen LogP contribution in [0.1, 0.15) is 32.1 Å². The zero-order chi connectivity index (χ0) is 19.7. The summed E-state index contributed by atoms with van der Waals surface area (Å²) in [7, 11) is -2.13. The first-order chi connectivity index (χ1) is 13.5. The van der Waals surface area contributed by atoms with Crippen molar-refractivity contribution in [1.82, 2.24) is 9.21 Å². The molecule has 4 rings (SSSR count). The fraction of sp³-hybridized carbons (Fsp3) is 0.650. The van der Waals surface area contributed by atoms with Gasteiger partial charge >= 0.3 is 0 Å². The molecule has 0 radical (unpaired) electrons. The van der Waals surface area contributed by atoms with Gasteiger partial charge in [0.15, 0.2) is 0 Å². The lowest BCUT2D eigenvalue weighted by Gasteiger charge is -2.31. The molecule has 1 saturated heterocycles. The average Bonchev–Trinajstić information content (AvgIpc) is 3.50. The number of amides is 1. The number of benzene rings is 1. The lowest BCUT2D eigenvalue weighted by molar-refractivity contribution is -0.131. The zero-order valence-electron chi connectivity index (χ0n) is 16.2. The summed E-state index contributed by atoms with van der Waals surface area (Å²) in [5.74, 6) is 1.13. The highest BCUT2D eigenvalue weighted by atomic mass is 32.2. The summed E-state index contributed by atoms with van der Waals surface area (Å²) in [6.07, 6.45) is 3.81. The summed E-state index contributed by atoms with van der Waals surface area (Å²) in [6, 6.07) is 6.50. The second kappa shape index (κ2) is 8.00. The smallest absolute Gasteiger partial charge is 0.247 e. The van der Waals surface area contributed by atoms with Crippen LogP contribution in [0.5, 0.6) is 5.75 Å². The van der Waals surface area contributed by atoms with Crippen LogP contribution >= 0.6 is 0 Å². The molecule has 154 valence electrons. The Hall–Kier alpha value is -1.64. The van der Waals surface area contributed by atoms with Gasteiger partial charge in [-0.3, -0.25) is 4.79 Å². The van der Waals surface area contributed by atoms with E-state index in [2.05, 4.69) is 0 Å². The lowest BCUT2D eigenvalue weighted by Crippen LogP contribution is -2.48. The summed E-state index contributed by atoms with van der Waals surface area (Å²) in [6.45, 7) is 1.75. The van der Waals surface area contributed by atoms with Gasteiger partial charge in [-0.2, -0.15) is 4.31 Å². The van der Waals surface area contributed by atoms with Crippen LogP contribution in [0.2, 0.25) is 0 Å². The van der Waals surface area contributed by atoms with Crippen LogP contribution in [0.15, 0.2) is 29.2 Å². The van der Waals surface area contributed by atoms with Gasteiger partial charge in [-0.25, -0.2) is 8.42 Å². The minimum Gasteiger partial charge on any atom is -0.487 e. The average molecular weight is 409 g/mol. The molecule has 0 spiro atoms. The van der Waals surface area contributed by atoms with E-state index >= 15 is 0 Å². The summed E-state index contributed by atoms with van der Waals surface area (Å²) < 4.78 is 39.7. The van der Waals surface area contributed by atoms with Crippen molar-refractivity contribution in [1.29, 1.82) is 0 Å². The number of sulfonamides is 1. The highest BCUT2D eigenvalue weighted by molar-refractivity contribution is 7.89. The van der Waals surface area contributed by atoms with Crippen molar-refractivity contribution < 1.29 is 22.7 Å². The molecule has 8 heteroatoms. The van der Waals surface area contributed by atoms with E-state index in [0.717, 1.165) is 12.8 Å². The predicted molar refractivity (Wildman–Crippen MR) is 104 cm³/mol. The SMILES string of the molecule is COCCN1[C@H]2CCN(C(=O)CC3CC3)CC[C@@H]2Oc2ccccc2S1(=O)=O. The summed E-state index contributed by atoms with van der Waals surface area (Å²) in [5, 5.41) is 0. The Morgan fingerprint density at radius 3 is 2.68 bits per heavy atom. The molecule has 2 heterocycles. The Bertz CT molecular complexity index is 824. The summed E-state index contributed by atoms with van der Waals surface area (Å²) in [4.78, 5) is 14.7. The lowest BCUT2D eigenvalue weighted by atomic mass is 10.1. The third-order valence-corrected chi connectivity index (χ3v) is 7.88. The number of para-hydroxylation sites is 1. The van der Waals surface area contributed by atoms with Crippen LogP contribution in [-0.2, 0) is 19.6 Å². The van der Waals surface area contributed by atoms with Gasteiger partial charge in [0.2, 0.25) is 15.9 Å². The molecular formula is C20H28N2O5S. The van der Waals surface area contributed by atoms with Gasteiger partial charge in [-0.05, 0) is 37.3 Å². The van der Waals surface area contributed by atoms with E-state index in [-0.39, 0.29) is 29.5 Å². The third-order valence-electron chi connectivity index (χ3n) is 5.92. The normalized spacial score (nSPS) is 27.1. The number of nitrogens with zero attached hydrogens (tertiary/aromatic N) is 2. The number of methoxy groups -OCH3 is 1. The maximum atomic E-state index is 13.4. The molecule has 1 amide bonds. The molecule has 2 atom stereocenters. The Labute approximate surface area is 166 Å². The molecule has 28 heavy (non-hydrogen) atoms. The molecule has 2 fully saturated rings. The highest BCUT2D eigenvalue weighted by Crippen LogP contribution is 2.37. The van der Waals surface area contributed by atoms with Crippen molar-refractivity contribution in [3.8, 4) is 5.75 Å². The van der Waals surface area contributed by atoms with E-state index in [9.17, 15) is 13.2 Å². The van der Waals surface area contributed by atoms with Crippen LogP contribution in [0.3, 0.4) is 0 Å². The molecule has 0 unspecified atom stereocenters. The van der Waals surface area contributed by atoms with Crippen LogP contribution < -0.4 is 4.74 Å². The topological polar surface area (TPSA) is 76.2 Å². The largest absolute Gasteiger partial charge is 0.487 e.